The van der Waals surface area contributed by atoms with Crippen LogP contribution in [0.4, 0.5) is 0 Å². The Labute approximate surface area is 66.7 Å². The second kappa shape index (κ2) is 2.42. The van der Waals surface area contributed by atoms with Crippen molar-refractivity contribution in [3.63, 3.8) is 0 Å². The molecular formula is C8H15NS. The molecule has 10 heavy (non-hydrogen) atoms. The zero-order chi connectivity index (χ0) is 7.03. The first-order valence-electron chi connectivity index (χ1n) is 4.19. The highest BCUT2D eigenvalue weighted by atomic mass is 32.2. The number of hydrogen-bond acceptors (Lipinski definition) is 2. The minimum atomic E-state index is 0.294. The zero-order valence-electron chi connectivity index (χ0n) is 6.31. The molecule has 0 aromatic carbocycles. The maximum absolute atomic E-state index is 6.01. The van der Waals surface area contributed by atoms with Crippen molar-refractivity contribution in [2.45, 2.75) is 42.9 Å². The molecule has 0 aromatic heterocycles. The molecule has 1 aliphatic heterocycles. The van der Waals surface area contributed by atoms with Crippen LogP contribution in [-0.4, -0.2) is 16.5 Å². The Kier molecular flexibility index (Phi) is 1.69. The van der Waals surface area contributed by atoms with Crippen LogP contribution in [0.25, 0.3) is 0 Å². The lowest BCUT2D eigenvalue weighted by Crippen LogP contribution is -2.25. The molecule has 0 amide bonds. The number of nitrogens with two attached hydrogens (primary N) is 1. The summed E-state index contributed by atoms with van der Waals surface area (Å²) in [5.74, 6) is 1.38. The Bertz CT molecular complexity index is 125. The second-order valence-electron chi connectivity index (χ2n) is 3.70. The molecule has 2 aliphatic rings. The van der Waals surface area contributed by atoms with Gasteiger partial charge in [-0.1, -0.05) is 0 Å². The lowest BCUT2D eigenvalue weighted by molar-refractivity contribution is 0.577. The summed E-state index contributed by atoms with van der Waals surface area (Å²) >= 11 is 2.13. The molecule has 1 saturated heterocycles. The van der Waals surface area contributed by atoms with Gasteiger partial charge in [-0.05, 0) is 37.9 Å². The summed E-state index contributed by atoms with van der Waals surface area (Å²) in [7, 11) is 0. The minimum absolute atomic E-state index is 0.294. The van der Waals surface area contributed by atoms with Gasteiger partial charge in [-0.3, -0.25) is 0 Å². The van der Waals surface area contributed by atoms with E-state index < -0.39 is 0 Å². The van der Waals surface area contributed by atoms with Crippen LogP contribution in [0.15, 0.2) is 0 Å². The number of hydrogen-bond donors (Lipinski definition) is 1. The average molecular weight is 157 g/mol. The Morgan fingerprint density at radius 3 is 2.80 bits per heavy atom. The lowest BCUT2D eigenvalue weighted by atomic mass is 10.1. The molecule has 1 heterocycles. The average Bonchev–Trinajstić information content (AvgIpc) is 2.47. The van der Waals surface area contributed by atoms with Gasteiger partial charge in [-0.15, -0.1) is 0 Å². The fourth-order valence-corrected chi connectivity index (χ4v) is 3.07. The number of rotatable bonds is 2. The zero-order valence-corrected chi connectivity index (χ0v) is 7.12. The van der Waals surface area contributed by atoms with Crippen LogP contribution < -0.4 is 5.73 Å². The molecule has 2 N–H and O–H groups in total. The van der Waals surface area contributed by atoms with Crippen LogP contribution in [0, 0.1) is 0 Å². The molecule has 58 valence electrons. The molecule has 0 radical (unpaired) electrons. The summed E-state index contributed by atoms with van der Waals surface area (Å²) in [6.45, 7) is 0. The minimum Gasteiger partial charge on any atom is -0.325 e. The van der Waals surface area contributed by atoms with Crippen LogP contribution in [-0.2, 0) is 0 Å². The van der Waals surface area contributed by atoms with E-state index in [1.165, 1.54) is 37.9 Å². The summed E-state index contributed by atoms with van der Waals surface area (Å²) in [5, 5.41) is 0.910. The van der Waals surface area contributed by atoms with Crippen molar-refractivity contribution in [2.24, 2.45) is 5.73 Å². The van der Waals surface area contributed by atoms with E-state index in [4.69, 9.17) is 5.73 Å². The smallest absolute Gasteiger partial charge is 0.0166 e. The van der Waals surface area contributed by atoms with E-state index in [1.54, 1.807) is 0 Å². The van der Waals surface area contributed by atoms with Gasteiger partial charge in [-0.25, -0.2) is 0 Å². The SMILES string of the molecule is NC1(CC2CCCS2)CC1. The van der Waals surface area contributed by atoms with Gasteiger partial charge in [0.15, 0.2) is 0 Å². The Hall–Kier alpha value is 0.310. The highest BCUT2D eigenvalue weighted by molar-refractivity contribution is 8.00. The molecule has 1 atom stereocenters. The first kappa shape index (κ1) is 6.99. The quantitative estimate of drug-likeness (QED) is 0.661. The standard InChI is InChI=1S/C8H15NS/c9-8(3-4-8)6-7-2-1-5-10-7/h7H,1-6,9H2. The van der Waals surface area contributed by atoms with Gasteiger partial charge in [0, 0.05) is 10.8 Å². The van der Waals surface area contributed by atoms with E-state index in [-0.39, 0.29) is 0 Å². The predicted molar refractivity (Wildman–Crippen MR) is 46.2 cm³/mol. The Balaban J connectivity index is 1.78. The Morgan fingerprint density at radius 1 is 1.50 bits per heavy atom. The third kappa shape index (κ3) is 1.48. The van der Waals surface area contributed by atoms with Crippen LogP contribution in [0.2, 0.25) is 0 Å². The fourth-order valence-electron chi connectivity index (χ4n) is 1.62. The highest BCUT2D eigenvalue weighted by Crippen LogP contribution is 2.42. The molecule has 2 rings (SSSR count). The largest absolute Gasteiger partial charge is 0.325 e. The third-order valence-electron chi connectivity index (χ3n) is 2.55. The third-order valence-corrected chi connectivity index (χ3v) is 3.95. The van der Waals surface area contributed by atoms with E-state index in [0.717, 1.165) is 5.25 Å². The monoisotopic (exact) mass is 157 g/mol. The molecule has 1 saturated carbocycles. The topological polar surface area (TPSA) is 26.0 Å². The van der Waals surface area contributed by atoms with Crippen LogP contribution in [0.3, 0.4) is 0 Å². The molecule has 1 unspecified atom stereocenters. The van der Waals surface area contributed by atoms with Crippen LogP contribution >= 0.6 is 11.8 Å². The van der Waals surface area contributed by atoms with Crippen molar-refractivity contribution in [3.05, 3.63) is 0 Å². The van der Waals surface area contributed by atoms with E-state index >= 15 is 0 Å². The lowest BCUT2D eigenvalue weighted by Gasteiger charge is -2.13. The van der Waals surface area contributed by atoms with E-state index in [1.807, 2.05) is 0 Å². The van der Waals surface area contributed by atoms with Gasteiger partial charge < -0.3 is 5.73 Å². The van der Waals surface area contributed by atoms with Gasteiger partial charge >= 0.3 is 0 Å². The van der Waals surface area contributed by atoms with Crippen molar-refractivity contribution in [1.82, 2.24) is 0 Å². The first-order valence-corrected chi connectivity index (χ1v) is 5.24. The summed E-state index contributed by atoms with van der Waals surface area (Å²) in [6, 6.07) is 0. The highest BCUT2D eigenvalue weighted by Gasteiger charge is 2.40. The maximum Gasteiger partial charge on any atom is 0.0166 e. The van der Waals surface area contributed by atoms with Crippen molar-refractivity contribution >= 4 is 11.8 Å². The van der Waals surface area contributed by atoms with Gasteiger partial charge in [0.2, 0.25) is 0 Å². The fraction of sp³-hybridized carbons (Fsp3) is 1.00. The van der Waals surface area contributed by atoms with Gasteiger partial charge in [0.1, 0.15) is 0 Å². The van der Waals surface area contributed by atoms with Gasteiger partial charge in [-0.2, -0.15) is 11.8 Å². The molecule has 1 aliphatic carbocycles. The maximum atomic E-state index is 6.01. The predicted octanol–water partition coefficient (Wildman–Crippen LogP) is 1.76. The van der Waals surface area contributed by atoms with Crippen molar-refractivity contribution in [3.8, 4) is 0 Å². The summed E-state index contributed by atoms with van der Waals surface area (Å²) in [5.41, 5.74) is 6.31. The van der Waals surface area contributed by atoms with Gasteiger partial charge in [0.25, 0.3) is 0 Å². The summed E-state index contributed by atoms with van der Waals surface area (Å²) < 4.78 is 0. The van der Waals surface area contributed by atoms with Crippen molar-refractivity contribution < 1.29 is 0 Å². The van der Waals surface area contributed by atoms with Gasteiger partial charge in [0.05, 0.1) is 0 Å². The molecule has 2 fully saturated rings. The van der Waals surface area contributed by atoms with E-state index in [2.05, 4.69) is 11.8 Å². The number of thioether (sulfide) groups is 1. The van der Waals surface area contributed by atoms with Crippen molar-refractivity contribution in [2.75, 3.05) is 5.75 Å². The summed E-state index contributed by atoms with van der Waals surface area (Å²) in [6.07, 6.45) is 6.70. The summed E-state index contributed by atoms with van der Waals surface area (Å²) in [4.78, 5) is 0. The molecular weight excluding hydrogens is 142 g/mol. The Morgan fingerprint density at radius 2 is 2.30 bits per heavy atom. The van der Waals surface area contributed by atoms with Crippen LogP contribution in [0.5, 0.6) is 0 Å². The normalized spacial score (nSPS) is 36.3. The van der Waals surface area contributed by atoms with E-state index in [0.29, 0.717) is 5.54 Å². The van der Waals surface area contributed by atoms with E-state index in [9.17, 15) is 0 Å². The molecule has 0 aromatic rings. The second-order valence-corrected chi connectivity index (χ2v) is 5.11. The molecule has 0 bridgehead atoms. The van der Waals surface area contributed by atoms with Crippen LogP contribution in [0.1, 0.15) is 32.1 Å². The van der Waals surface area contributed by atoms with Crippen molar-refractivity contribution in [1.29, 1.82) is 0 Å². The first-order chi connectivity index (χ1) is 4.79. The molecule has 2 heteroatoms. The molecule has 0 spiro atoms. The molecule has 1 nitrogen and oxygen atoms in total.